The fraction of sp³-hybridized carbons (Fsp3) is 0.636. The summed E-state index contributed by atoms with van der Waals surface area (Å²) >= 11 is 0. The van der Waals surface area contributed by atoms with Crippen LogP contribution in [0.1, 0.15) is 80.9 Å². The van der Waals surface area contributed by atoms with Gasteiger partial charge in [0.2, 0.25) is 0 Å². The van der Waals surface area contributed by atoms with Crippen LogP contribution in [0.5, 0.6) is 0 Å². The van der Waals surface area contributed by atoms with Crippen molar-refractivity contribution in [3.63, 3.8) is 0 Å². The lowest BCUT2D eigenvalue weighted by Crippen LogP contribution is -2.16. The summed E-state index contributed by atoms with van der Waals surface area (Å²) in [6.45, 7) is 2.12. The first-order chi connectivity index (χ1) is 11.3. The average Bonchev–Trinajstić information content (AvgIpc) is 3.00. The van der Waals surface area contributed by atoms with Crippen LogP contribution >= 0.6 is 0 Å². The van der Waals surface area contributed by atoms with E-state index < -0.39 is 0 Å². The Morgan fingerprint density at radius 2 is 2.04 bits per heavy atom. The molecule has 0 amide bonds. The maximum absolute atomic E-state index is 6.09. The van der Waals surface area contributed by atoms with Crippen LogP contribution in [-0.2, 0) is 12.8 Å². The molecular weight excluding hydrogens is 278 g/mol. The molecule has 0 heterocycles. The molecule has 1 saturated carbocycles. The van der Waals surface area contributed by atoms with E-state index in [1.54, 1.807) is 16.7 Å². The molecular formula is C22H33N. The molecule has 2 N–H and O–H groups in total. The zero-order chi connectivity index (χ0) is 16.1. The van der Waals surface area contributed by atoms with Gasteiger partial charge in [0, 0.05) is 6.04 Å². The molecule has 126 valence electrons. The van der Waals surface area contributed by atoms with Gasteiger partial charge in [-0.2, -0.15) is 0 Å². The Balaban J connectivity index is 1.53. The van der Waals surface area contributed by atoms with E-state index in [4.69, 9.17) is 5.73 Å². The van der Waals surface area contributed by atoms with E-state index in [2.05, 4.69) is 37.3 Å². The zero-order valence-corrected chi connectivity index (χ0v) is 14.8. The van der Waals surface area contributed by atoms with Gasteiger partial charge >= 0.3 is 0 Å². The standard InChI is InChI=1S/C22H33N/c1-2-3-4-5-6-7-17-8-9-19-15-20(11-10-18(19)14-17)21-12-13-22(23)16-21/h2-3,10-11,15,17,21-22H,4-9,12-14,16,23H2,1H3/b3-2+/t17-,21?,22?/m0/s1. The lowest BCUT2D eigenvalue weighted by atomic mass is 9.80. The number of benzene rings is 1. The fourth-order valence-corrected chi connectivity index (χ4v) is 4.53. The second kappa shape index (κ2) is 8.15. The third-order valence-electron chi connectivity index (χ3n) is 5.97. The third-order valence-corrected chi connectivity index (χ3v) is 5.97. The molecule has 2 aliphatic rings. The first-order valence-electron chi connectivity index (χ1n) is 9.74. The summed E-state index contributed by atoms with van der Waals surface area (Å²) in [6, 6.07) is 7.78. The van der Waals surface area contributed by atoms with Gasteiger partial charge in [0.05, 0.1) is 0 Å². The second-order valence-corrected chi connectivity index (χ2v) is 7.76. The van der Waals surface area contributed by atoms with Crippen LogP contribution in [0.25, 0.3) is 0 Å². The smallest absolute Gasteiger partial charge is 0.00448 e. The van der Waals surface area contributed by atoms with E-state index >= 15 is 0 Å². The number of nitrogens with two attached hydrogens (primary N) is 1. The quantitative estimate of drug-likeness (QED) is 0.543. The summed E-state index contributed by atoms with van der Waals surface area (Å²) in [7, 11) is 0. The minimum Gasteiger partial charge on any atom is -0.328 e. The normalized spacial score (nSPS) is 27.5. The van der Waals surface area contributed by atoms with Gasteiger partial charge in [-0.1, -0.05) is 43.2 Å². The predicted octanol–water partition coefficient (Wildman–Crippen LogP) is 5.52. The molecule has 3 rings (SSSR count). The maximum atomic E-state index is 6.09. The highest BCUT2D eigenvalue weighted by atomic mass is 14.6. The van der Waals surface area contributed by atoms with Gasteiger partial charge in [-0.15, -0.1) is 0 Å². The van der Waals surface area contributed by atoms with Crippen molar-refractivity contribution in [3.05, 3.63) is 47.0 Å². The van der Waals surface area contributed by atoms with Crippen molar-refractivity contribution in [1.29, 1.82) is 0 Å². The van der Waals surface area contributed by atoms with Gasteiger partial charge in [0.1, 0.15) is 0 Å². The summed E-state index contributed by atoms with van der Waals surface area (Å²) in [5.41, 5.74) is 10.9. The summed E-state index contributed by atoms with van der Waals surface area (Å²) in [4.78, 5) is 0. The molecule has 2 aliphatic carbocycles. The average molecular weight is 312 g/mol. The van der Waals surface area contributed by atoms with Crippen molar-refractivity contribution in [2.24, 2.45) is 11.7 Å². The van der Waals surface area contributed by atoms with Crippen LogP contribution in [0, 0.1) is 5.92 Å². The van der Waals surface area contributed by atoms with Crippen LogP contribution in [0.3, 0.4) is 0 Å². The molecule has 1 aromatic rings. The van der Waals surface area contributed by atoms with Crippen LogP contribution in [0.4, 0.5) is 0 Å². The highest BCUT2D eigenvalue weighted by Crippen LogP contribution is 2.36. The van der Waals surface area contributed by atoms with Crippen LogP contribution in [0.15, 0.2) is 30.4 Å². The molecule has 1 aromatic carbocycles. The largest absolute Gasteiger partial charge is 0.328 e. The molecule has 23 heavy (non-hydrogen) atoms. The molecule has 0 bridgehead atoms. The Labute approximate surface area is 142 Å². The van der Waals surface area contributed by atoms with Crippen LogP contribution in [-0.4, -0.2) is 6.04 Å². The highest BCUT2D eigenvalue weighted by Gasteiger charge is 2.25. The van der Waals surface area contributed by atoms with Crippen LogP contribution in [0.2, 0.25) is 0 Å². The molecule has 0 aromatic heterocycles. The highest BCUT2D eigenvalue weighted by molar-refractivity contribution is 5.36. The van der Waals surface area contributed by atoms with Crippen molar-refractivity contribution in [2.75, 3.05) is 0 Å². The van der Waals surface area contributed by atoms with E-state index in [-0.39, 0.29) is 0 Å². The summed E-state index contributed by atoms with van der Waals surface area (Å²) in [5, 5.41) is 0. The van der Waals surface area contributed by atoms with Crippen molar-refractivity contribution in [3.8, 4) is 0 Å². The molecule has 0 aliphatic heterocycles. The molecule has 1 fully saturated rings. The number of hydrogen-bond donors (Lipinski definition) is 1. The Kier molecular flexibility index (Phi) is 5.94. The Hall–Kier alpha value is -1.08. The van der Waals surface area contributed by atoms with E-state index in [1.165, 1.54) is 64.2 Å². The number of fused-ring (bicyclic) bond motifs is 1. The molecule has 0 spiro atoms. The Bertz CT molecular complexity index is 531. The first-order valence-corrected chi connectivity index (χ1v) is 9.74. The number of hydrogen-bond acceptors (Lipinski definition) is 1. The third kappa shape index (κ3) is 4.47. The molecule has 0 saturated heterocycles. The van der Waals surface area contributed by atoms with Gasteiger partial charge in [-0.25, -0.2) is 0 Å². The zero-order valence-electron chi connectivity index (χ0n) is 14.8. The molecule has 1 heteroatoms. The van der Waals surface area contributed by atoms with E-state index in [1.807, 2.05) is 0 Å². The monoisotopic (exact) mass is 311 g/mol. The van der Waals surface area contributed by atoms with Gasteiger partial charge in [-0.3, -0.25) is 0 Å². The molecule has 0 radical (unpaired) electrons. The number of unbranched alkanes of at least 4 members (excludes halogenated alkanes) is 2. The van der Waals surface area contributed by atoms with E-state index in [0.717, 1.165) is 11.8 Å². The predicted molar refractivity (Wildman–Crippen MR) is 99.8 cm³/mol. The van der Waals surface area contributed by atoms with Crippen molar-refractivity contribution in [2.45, 2.75) is 83.1 Å². The van der Waals surface area contributed by atoms with Gasteiger partial charge in [0.15, 0.2) is 0 Å². The summed E-state index contributed by atoms with van der Waals surface area (Å²) < 4.78 is 0. The lowest BCUT2D eigenvalue weighted by molar-refractivity contribution is 0.409. The topological polar surface area (TPSA) is 26.0 Å². The maximum Gasteiger partial charge on any atom is 0.00448 e. The number of allylic oxidation sites excluding steroid dienone is 2. The SMILES string of the molecule is C/C=C/CCCC[C@H]1CCc2cc(C3CCC(N)C3)ccc2C1. The molecule has 2 unspecified atom stereocenters. The van der Waals surface area contributed by atoms with Gasteiger partial charge in [-0.05, 0) is 86.8 Å². The van der Waals surface area contributed by atoms with Crippen molar-refractivity contribution < 1.29 is 0 Å². The number of rotatable bonds is 6. The first kappa shape index (κ1) is 16.8. The summed E-state index contributed by atoms with van der Waals surface area (Å²) in [5.74, 6) is 1.64. The minimum absolute atomic E-state index is 0.433. The fourth-order valence-electron chi connectivity index (χ4n) is 4.53. The lowest BCUT2D eigenvalue weighted by Gasteiger charge is -2.26. The molecule has 3 atom stereocenters. The summed E-state index contributed by atoms with van der Waals surface area (Å²) in [6.07, 6.45) is 17.6. The molecule has 1 nitrogen and oxygen atoms in total. The minimum atomic E-state index is 0.433. The van der Waals surface area contributed by atoms with E-state index in [0.29, 0.717) is 6.04 Å². The Morgan fingerprint density at radius 1 is 1.13 bits per heavy atom. The van der Waals surface area contributed by atoms with Crippen molar-refractivity contribution in [1.82, 2.24) is 0 Å². The van der Waals surface area contributed by atoms with E-state index in [9.17, 15) is 0 Å². The second-order valence-electron chi connectivity index (χ2n) is 7.76. The number of aryl methyl sites for hydroxylation is 1. The van der Waals surface area contributed by atoms with Crippen molar-refractivity contribution >= 4 is 0 Å². The van der Waals surface area contributed by atoms with Gasteiger partial charge in [0.25, 0.3) is 0 Å². The Morgan fingerprint density at radius 3 is 2.83 bits per heavy atom. The van der Waals surface area contributed by atoms with Gasteiger partial charge < -0.3 is 5.73 Å². The van der Waals surface area contributed by atoms with Crippen LogP contribution < -0.4 is 5.73 Å².